The lowest BCUT2D eigenvalue weighted by Crippen LogP contribution is -2.36. The van der Waals surface area contributed by atoms with Crippen LogP contribution in [0.3, 0.4) is 0 Å². The van der Waals surface area contributed by atoms with Crippen molar-refractivity contribution in [2.75, 3.05) is 19.6 Å². The number of hydrogen-bond acceptors (Lipinski definition) is 4. The Balaban J connectivity index is 1.59. The molecule has 1 aromatic heterocycles. The maximum Gasteiger partial charge on any atom is 0.289 e. The van der Waals surface area contributed by atoms with Crippen LogP contribution in [0.1, 0.15) is 56.0 Å². The van der Waals surface area contributed by atoms with Gasteiger partial charge >= 0.3 is 0 Å². The molecule has 5 heteroatoms. The number of hydrogen-bond donors (Lipinski definition) is 1. The van der Waals surface area contributed by atoms with E-state index in [0.29, 0.717) is 30.1 Å². The molecule has 26 heavy (non-hydrogen) atoms. The van der Waals surface area contributed by atoms with Crippen molar-refractivity contribution in [1.29, 1.82) is 0 Å². The van der Waals surface area contributed by atoms with Crippen molar-refractivity contribution >= 4 is 16.9 Å². The van der Waals surface area contributed by atoms with Crippen molar-refractivity contribution in [3.63, 3.8) is 0 Å². The summed E-state index contributed by atoms with van der Waals surface area (Å²) in [6.45, 7) is 4.12. The quantitative estimate of drug-likeness (QED) is 0.771. The molecule has 0 spiro atoms. The summed E-state index contributed by atoms with van der Waals surface area (Å²) in [6.07, 6.45) is 7.41. The summed E-state index contributed by atoms with van der Waals surface area (Å²) in [7, 11) is 0. The fourth-order valence-electron chi connectivity index (χ4n) is 3.65. The zero-order valence-corrected chi connectivity index (χ0v) is 15.5. The molecule has 1 N–H and O–H groups in total. The van der Waals surface area contributed by atoms with Crippen LogP contribution in [0.4, 0.5) is 0 Å². The van der Waals surface area contributed by atoms with Crippen molar-refractivity contribution in [2.24, 2.45) is 0 Å². The van der Waals surface area contributed by atoms with Crippen molar-refractivity contribution in [1.82, 2.24) is 10.2 Å². The van der Waals surface area contributed by atoms with Gasteiger partial charge in [0.1, 0.15) is 5.58 Å². The van der Waals surface area contributed by atoms with Gasteiger partial charge in [-0.1, -0.05) is 31.4 Å². The highest BCUT2D eigenvalue weighted by atomic mass is 16.3. The van der Waals surface area contributed by atoms with E-state index in [1.54, 1.807) is 29.2 Å². The lowest BCUT2D eigenvalue weighted by molar-refractivity contribution is 0.0731. The highest BCUT2D eigenvalue weighted by molar-refractivity contribution is 5.93. The summed E-state index contributed by atoms with van der Waals surface area (Å²) >= 11 is 0. The first-order valence-electron chi connectivity index (χ1n) is 9.74. The minimum absolute atomic E-state index is 0.121. The molecule has 3 rings (SSSR count). The van der Waals surface area contributed by atoms with E-state index in [2.05, 4.69) is 5.32 Å². The van der Waals surface area contributed by atoms with Crippen molar-refractivity contribution in [2.45, 2.75) is 51.5 Å². The number of nitrogens with one attached hydrogen (secondary N) is 1. The van der Waals surface area contributed by atoms with Gasteiger partial charge in [0.2, 0.25) is 0 Å². The van der Waals surface area contributed by atoms with Crippen LogP contribution in [0, 0.1) is 0 Å². The molecule has 1 aromatic carbocycles. The van der Waals surface area contributed by atoms with Crippen LogP contribution >= 0.6 is 0 Å². The summed E-state index contributed by atoms with van der Waals surface area (Å²) in [5.41, 5.74) is 0.281. The topological polar surface area (TPSA) is 62.6 Å². The molecule has 0 radical (unpaired) electrons. The number of para-hydroxylation sites is 1. The molecule has 0 aliphatic heterocycles. The van der Waals surface area contributed by atoms with Crippen LogP contribution in [0.15, 0.2) is 39.5 Å². The highest BCUT2D eigenvalue weighted by Crippen LogP contribution is 2.17. The third-order valence-corrected chi connectivity index (χ3v) is 5.16. The molecule has 0 atom stereocenters. The van der Waals surface area contributed by atoms with Gasteiger partial charge in [0.05, 0.1) is 5.39 Å². The van der Waals surface area contributed by atoms with Crippen LogP contribution in [0.2, 0.25) is 0 Å². The predicted octanol–water partition coefficient (Wildman–Crippen LogP) is 3.57. The lowest BCUT2D eigenvalue weighted by Gasteiger charge is -2.24. The maximum absolute atomic E-state index is 12.7. The summed E-state index contributed by atoms with van der Waals surface area (Å²) in [5.74, 6) is -0.0937. The lowest BCUT2D eigenvalue weighted by atomic mass is 9.95. The highest BCUT2D eigenvalue weighted by Gasteiger charge is 2.18. The largest absolute Gasteiger partial charge is 0.451 e. The van der Waals surface area contributed by atoms with E-state index in [4.69, 9.17) is 4.42 Å². The molecule has 0 saturated heterocycles. The average molecular weight is 356 g/mol. The van der Waals surface area contributed by atoms with Crippen LogP contribution in [0.5, 0.6) is 0 Å². The Morgan fingerprint density at radius 1 is 1.23 bits per heavy atom. The van der Waals surface area contributed by atoms with E-state index in [1.165, 1.54) is 38.2 Å². The molecule has 1 amide bonds. The van der Waals surface area contributed by atoms with Gasteiger partial charge in [-0.25, -0.2) is 0 Å². The van der Waals surface area contributed by atoms with Gasteiger partial charge in [-0.05, 0) is 44.9 Å². The second kappa shape index (κ2) is 8.99. The zero-order valence-electron chi connectivity index (χ0n) is 15.5. The summed E-state index contributed by atoms with van der Waals surface area (Å²) in [5, 5.41) is 4.11. The Hall–Kier alpha value is -2.14. The Bertz CT molecular complexity index is 793. The van der Waals surface area contributed by atoms with Crippen molar-refractivity contribution in [3.8, 4) is 0 Å². The Labute approximate surface area is 154 Å². The number of rotatable bonds is 7. The second-order valence-corrected chi connectivity index (χ2v) is 7.00. The number of benzene rings is 1. The van der Waals surface area contributed by atoms with Gasteiger partial charge in [-0.2, -0.15) is 0 Å². The third kappa shape index (κ3) is 4.52. The molecule has 2 aromatic rings. The number of fused-ring (bicyclic) bond motifs is 1. The summed E-state index contributed by atoms with van der Waals surface area (Å²) in [6, 6.07) is 8.97. The van der Waals surface area contributed by atoms with Gasteiger partial charge in [0, 0.05) is 25.2 Å². The van der Waals surface area contributed by atoms with Crippen LogP contribution in [-0.4, -0.2) is 36.5 Å². The Kier molecular flexibility index (Phi) is 6.45. The molecule has 1 fully saturated rings. The average Bonchev–Trinajstić information content (AvgIpc) is 2.68. The van der Waals surface area contributed by atoms with Crippen molar-refractivity contribution in [3.05, 3.63) is 46.3 Å². The van der Waals surface area contributed by atoms with E-state index in [-0.39, 0.29) is 17.1 Å². The SMILES string of the molecule is CCN(CCCNC1CCCCC1)C(=O)c1cc(=O)c2ccccc2o1. The van der Waals surface area contributed by atoms with Gasteiger partial charge in [-0.3, -0.25) is 9.59 Å². The second-order valence-electron chi connectivity index (χ2n) is 7.00. The molecule has 1 saturated carbocycles. The predicted molar refractivity (Wildman–Crippen MR) is 104 cm³/mol. The fraction of sp³-hybridized carbons (Fsp3) is 0.524. The maximum atomic E-state index is 12.7. The molecule has 0 unspecified atom stereocenters. The number of carbonyl (C=O) groups excluding carboxylic acids is 1. The Morgan fingerprint density at radius 2 is 2.00 bits per heavy atom. The monoisotopic (exact) mass is 356 g/mol. The first kappa shape index (κ1) is 18.6. The van der Waals surface area contributed by atoms with Crippen LogP contribution in [-0.2, 0) is 0 Å². The molecular formula is C21H28N2O3. The summed E-state index contributed by atoms with van der Waals surface area (Å²) in [4.78, 5) is 26.7. The van der Waals surface area contributed by atoms with E-state index in [0.717, 1.165) is 13.0 Å². The molecule has 0 bridgehead atoms. The molecule has 140 valence electrons. The Morgan fingerprint density at radius 3 is 2.77 bits per heavy atom. The van der Waals surface area contributed by atoms with Gasteiger partial charge in [0.15, 0.2) is 11.2 Å². The third-order valence-electron chi connectivity index (χ3n) is 5.16. The van der Waals surface area contributed by atoms with Crippen molar-refractivity contribution < 1.29 is 9.21 Å². The first-order valence-corrected chi connectivity index (χ1v) is 9.74. The molecule has 1 aliphatic carbocycles. The fourth-order valence-corrected chi connectivity index (χ4v) is 3.65. The number of carbonyl (C=O) groups is 1. The molecule has 5 nitrogen and oxygen atoms in total. The van der Waals surface area contributed by atoms with Crippen LogP contribution < -0.4 is 10.7 Å². The zero-order chi connectivity index (χ0) is 18.4. The van der Waals surface area contributed by atoms with E-state index in [1.807, 2.05) is 6.92 Å². The smallest absolute Gasteiger partial charge is 0.289 e. The normalized spacial score (nSPS) is 15.3. The van der Waals surface area contributed by atoms with Gasteiger partial charge in [0.25, 0.3) is 5.91 Å². The minimum atomic E-state index is -0.215. The van der Waals surface area contributed by atoms with E-state index < -0.39 is 0 Å². The molecule has 1 aliphatic rings. The van der Waals surface area contributed by atoms with Gasteiger partial charge < -0.3 is 14.6 Å². The number of nitrogens with zero attached hydrogens (tertiary/aromatic N) is 1. The molecule has 1 heterocycles. The van der Waals surface area contributed by atoms with Gasteiger partial charge in [-0.15, -0.1) is 0 Å². The minimum Gasteiger partial charge on any atom is -0.451 e. The first-order chi connectivity index (χ1) is 12.7. The standard InChI is InChI=1S/C21H28N2O3/c1-2-23(14-8-13-22-16-9-4-3-5-10-16)21(25)20-15-18(24)17-11-6-7-12-19(17)26-20/h6-7,11-12,15-16,22H,2-5,8-10,13-14H2,1H3. The summed E-state index contributed by atoms with van der Waals surface area (Å²) < 4.78 is 5.68. The van der Waals surface area contributed by atoms with E-state index in [9.17, 15) is 9.59 Å². The molecular weight excluding hydrogens is 328 g/mol. The van der Waals surface area contributed by atoms with E-state index >= 15 is 0 Å². The number of amides is 1. The van der Waals surface area contributed by atoms with Crippen LogP contribution in [0.25, 0.3) is 11.0 Å².